The standard InChI is InChI=1S/C12H19N3O3S/c1-15(2)12(16)11-9-10(5-7-14-11)13-6-4-8-19(3,17)18/h5,7,9H,4,6,8H2,1-3H3,(H,13,14). The molecule has 0 atom stereocenters. The van der Waals surface area contributed by atoms with Crippen molar-refractivity contribution in [2.45, 2.75) is 6.42 Å². The van der Waals surface area contributed by atoms with E-state index in [1.807, 2.05) is 0 Å². The summed E-state index contributed by atoms with van der Waals surface area (Å²) in [7, 11) is 0.401. The van der Waals surface area contributed by atoms with Crippen molar-refractivity contribution in [3.05, 3.63) is 24.0 Å². The van der Waals surface area contributed by atoms with E-state index in [1.165, 1.54) is 11.2 Å². The lowest BCUT2D eigenvalue weighted by Crippen LogP contribution is -2.22. The molecule has 0 aromatic carbocycles. The van der Waals surface area contributed by atoms with Gasteiger partial charge < -0.3 is 10.2 Å². The zero-order valence-corrected chi connectivity index (χ0v) is 12.2. The zero-order chi connectivity index (χ0) is 14.5. The molecular formula is C12H19N3O3S. The first-order valence-corrected chi connectivity index (χ1v) is 7.95. The Morgan fingerprint density at radius 2 is 2.11 bits per heavy atom. The maximum atomic E-state index is 11.7. The van der Waals surface area contributed by atoms with Crippen LogP contribution in [0.3, 0.4) is 0 Å². The van der Waals surface area contributed by atoms with Crippen LogP contribution < -0.4 is 5.32 Å². The zero-order valence-electron chi connectivity index (χ0n) is 11.4. The molecule has 0 aliphatic carbocycles. The van der Waals surface area contributed by atoms with Crippen LogP contribution in [0.5, 0.6) is 0 Å². The summed E-state index contributed by atoms with van der Waals surface area (Å²) in [4.78, 5) is 17.2. The fourth-order valence-electron chi connectivity index (χ4n) is 1.45. The lowest BCUT2D eigenvalue weighted by Gasteiger charge is -2.11. The Bertz CT molecular complexity index is 541. The Labute approximate surface area is 113 Å². The third-order valence-corrected chi connectivity index (χ3v) is 3.44. The molecule has 1 rings (SSSR count). The predicted molar refractivity (Wildman–Crippen MR) is 75.1 cm³/mol. The van der Waals surface area contributed by atoms with Crippen LogP contribution in [0.2, 0.25) is 0 Å². The van der Waals surface area contributed by atoms with Crippen molar-refractivity contribution in [3.63, 3.8) is 0 Å². The second-order valence-electron chi connectivity index (χ2n) is 4.54. The normalized spacial score (nSPS) is 11.1. The Morgan fingerprint density at radius 1 is 1.42 bits per heavy atom. The lowest BCUT2D eigenvalue weighted by atomic mass is 10.3. The molecular weight excluding hydrogens is 266 g/mol. The molecule has 0 bridgehead atoms. The summed E-state index contributed by atoms with van der Waals surface area (Å²) >= 11 is 0. The van der Waals surface area contributed by atoms with Crippen LogP contribution in [0, 0.1) is 0 Å². The van der Waals surface area contributed by atoms with Crippen LogP contribution >= 0.6 is 0 Å². The summed E-state index contributed by atoms with van der Waals surface area (Å²) < 4.78 is 21.9. The predicted octanol–water partition coefficient (Wildman–Crippen LogP) is 0.630. The largest absolute Gasteiger partial charge is 0.385 e. The topological polar surface area (TPSA) is 79.4 Å². The molecule has 1 amide bonds. The summed E-state index contributed by atoms with van der Waals surface area (Å²) in [5.41, 5.74) is 1.12. The van der Waals surface area contributed by atoms with Crippen molar-refractivity contribution in [3.8, 4) is 0 Å². The summed E-state index contributed by atoms with van der Waals surface area (Å²) in [5, 5.41) is 3.08. The van der Waals surface area contributed by atoms with Crippen LogP contribution in [-0.2, 0) is 9.84 Å². The first kappa shape index (κ1) is 15.4. The molecule has 1 N–H and O–H groups in total. The fraction of sp³-hybridized carbons (Fsp3) is 0.500. The van der Waals surface area contributed by atoms with Gasteiger partial charge in [0.2, 0.25) is 0 Å². The van der Waals surface area contributed by atoms with Gasteiger partial charge in [-0.1, -0.05) is 0 Å². The van der Waals surface area contributed by atoms with Gasteiger partial charge in [-0.2, -0.15) is 0 Å². The number of hydrogen-bond acceptors (Lipinski definition) is 5. The number of amides is 1. The number of anilines is 1. The minimum Gasteiger partial charge on any atom is -0.385 e. The number of nitrogens with one attached hydrogen (secondary N) is 1. The van der Waals surface area contributed by atoms with E-state index in [-0.39, 0.29) is 11.7 Å². The van der Waals surface area contributed by atoms with E-state index in [9.17, 15) is 13.2 Å². The average Bonchev–Trinajstić information content (AvgIpc) is 2.33. The number of hydrogen-bond donors (Lipinski definition) is 1. The molecule has 0 saturated heterocycles. The quantitative estimate of drug-likeness (QED) is 0.776. The van der Waals surface area contributed by atoms with E-state index in [2.05, 4.69) is 10.3 Å². The third-order valence-electron chi connectivity index (χ3n) is 2.41. The van der Waals surface area contributed by atoms with E-state index < -0.39 is 9.84 Å². The molecule has 0 saturated carbocycles. The van der Waals surface area contributed by atoms with Gasteiger partial charge in [0.05, 0.1) is 5.75 Å². The van der Waals surface area contributed by atoms with Crippen LogP contribution in [0.15, 0.2) is 18.3 Å². The van der Waals surface area contributed by atoms with Crippen molar-refractivity contribution in [2.24, 2.45) is 0 Å². The van der Waals surface area contributed by atoms with Crippen molar-refractivity contribution in [2.75, 3.05) is 38.0 Å². The van der Waals surface area contributed by atoms with Crippen molar-refractivity contribution < 1.29 is 13.2 Å². The van der Waals surface area contributed by atoms with Crippen LogP contribution in [-0.4, -0.2) is 56.9 Å². The Balaban J connectivity index is 2.56. The Hall–Kier alpha value is -1.63. The highest BCUT2D eigenvalue weighted by Crippen LogP contribution is 2.09. The highest BCUT2D eigenvalue weighted by molar-refractivity contribution is 7.90. The van der Waals surface area contributed by atoms with Gasteiger partial charge in [-0.25, -0.2) is 8.42 Å². The molecule has 1 aromatic heterocycles. The van der Waals surface area contributed by atoms with E-state index in [0.717, 1.165) is 5.69 Å². The summed E-state index contributed by atoms with van der Waals surface area (Å²) in [6.45, 7) is 0.534. The monoisotopic (exact) mass is 285 g/mol. The number of carbonyl (C=O) groups excluding carboxylic acids is 1. The van der Waals surface area contributed by atoms with Crippen LogP contribution in [0.1, 0.15) is 16.9 Å². The summed E-state index contributed by atoms with van der Waals surface area (Å²) in [6.07, 6.45) is 3.29. The Morgan fingerprint density at radius 3 is 2.68 bits per heavy atom. The van der Waals surface area contributed by atoms with Crippen molar-refractivity contribution in [1.29, 1.82) is 0 Å². The van der Waals surface area contributed by atoms with Crippen molar-refractivity contribution in [1.82, 2.24) is 9.88 Å². The first-order valence-electron chi connectivity index (χ1n) is 5.89. The van der Waals surface area contributed by atoms with Gasteiger partial charge in [-0.3, -0.25) is 9.78 Å². The maximum Gasteiger partial charge on any atom is 0.272 e. The smallest absolute Gasteiger partial charge is 0.272 e. The molecule has 19 heavy (non-hydrogen) atoms. The van der Waals surface area contributed by atoms with Gasteiger partial charge in [0.15, 0.2) is 0 Å². The first-order chi connectivity index (χ1) is 8.79. The number of rotatable bonds is 6. The highest BCUT2D eigenvalue weighted by Gasteiger charge is 2.09. The SMILES string of the molecule is CN(C)C(=O)c1cc(NCCCS(C)(=O)=O)ccn1. The molecule has 0 aliphatic heterocycles. The van der Waals surface area contributed by atoms with E-state index in [0.29, 0.717) is 18.7 Å². The molecule has 0 unspecified atom stereocenters. The Kier molecular flexibility index (Phi) is 5.29. The second kappa shape index (κ2) is 6.51. The number of sulfone groups is 1. The van der Waals surface area contributed by atoms with E-state index >= 15 is 0 Å². The number of pyridine rings is 1. The van der Waals surface area contributed by atoms with E-state index in [1.54, 1.807) is 32.4 Å². The van der Waals surface area contributed by atoms with E-state index in [4.69, 9.17) is 0 Å². The molecule has 1 aromatic rings. The van der Waals surface area contributed by atoms with Gasteiger partial charge in [0.25, 0.3) is 5.91 Å². The molecule has 6 nitrogen and oxygen atoms in total. The summed E-state index contributed by atoms with van der Waals surface area (Å²) in [5.74, 6) is -0.0195. The highest BCUT2D eigenvalue weighted by atomic mass is 32.2. The number of carbonyl (C=O) groups is 1. The van der Waals surface area contributed by atoms with Crippen molar-refractivity contribution >= 4 is 21.4 Å². The molecule has 1 heterocycles. The van der Waals surface area contributed by atoms with Gasteiger partial charge in [-0.05, 0) is 18.6 Å². The van der Waals surface area contributed by atoms with Gasteiger partial charge in [0, 0.05) is 38.8 Å². The van der Waals surface area contributed by atoms with Gasteiger partial charge in [-0.15, -0.1) is 0 Å². The molecule has 0 fully saturated rings. The second-order valence-corrected chi connectivity index (χ2v) is 6.80. The fourth-order valence-corrected chi connectivity index (χ4v) is 2.12. The molecule has 0 aliphatic rings. The molecule has 0 spiro atoms. The minimum absolute atomic E-state index is 0.147. The molecule has 0 radical (unpaired) electrons. The molecule has 106 valence electrons. The van der Waals surface area contributed by atoms with Gasteiger partial charge in [0.1, 0.15) is 15.5 Å². The summed E-state index contributed by atoms with van der Waals surface area (Å²) in [6, 6.07) is 3.40. The number of aromatic nitrogens is 1. The maximum absolute atomic E-state index is 11.7. The molecule has 7 heteroatoms. The lowest BCUT2D eigenvalue weighted by molar-refractivity contribution is 0.0822. The van der Waals surface area contributed by atoms with Crippen LogP contribution in [0.4, 0.5) is 5.69 Å². The van der Waals surface area contributed by atoms with Crippen LogP contribution in [0.25, 0.3) is 0 Å². The number of nitrogens with zero attached hydrogens (tertiary/aromatic N) is 2. The minimum atomic E-state index is -2.92. The third kappa shape index (κ3) is 5.69. The van der Waals surface area contributed by atoms with Gasteiger partial charge >= 0.3 is 0 Å². The average molecular weight is 285 g/mol.